The summed E-state index contributed by atoms with van der Waals surface area (Å²) < 4.78 is 0. The third kappa shape index (κ3) is 6.36. The van der Waals surface area contributed by atoms with Gasteiger partial charge >= 0.3 is 0 Å². The van der Waals surface area contributed by atoms with Crippen molar-refractivity contribution < 1.29 is 4.79 Å². The van der Waals surface area contributed by atoms with Crippen LogP contribution in [0.5, 0.6) is 0 Å². The minimum atomic E-state index is 0.370. The second-order valence-electron chi connectivity index (χ2n) is 5.71. The fourth-order valence-corrected chi connectivity index (χ4v) is 2.81. The number of ketones is 1. The summed E-state index contributed by atoms with van der Waals surface area (Å²) in [6, 6.07) is 0. The van der Waals surface area contributed by atoms with Crippen LogP contribution in [0.2, 0.25) is 0 Å². The number of carbonyl (C=O) groups is 1. The molecule has 0 atom stereocenters. The SMILES string of the molecule is C=CCC1=C(CC/C=C/CCCCCCC)C(=O)CC1. The highest BCUT2D eigenvalue weighted by molar-refractivity contribution is 5.98. The van der Waals surface area contributed by atoms with Gasteiger partial charge in [0, 0.05) is 6.42 Å². The van der Waals surface area contributed by atoms with Crippen molar-refractivity contribution in [1.29, 1.82) is 0 Å². The average Bonchev–Trinajstić information content (AvgIpc) is 2.79. The lowest BCUT2D eigenvalue weighted by atomic mass is 10.0. The first-order chi connectivity index (χ1) is 9.79. The van der Waals surface area contributed by atoms with Crippen LogP contribution in [0.1, 0.15) is 77.6 Å². The zero-order chi connectivity index (χ0) is 14.6. The predicted octanol–water partition coefficient (Wildman–Crippen LogP) is 5.92. The standard InChI is InChI=1S/C19H30O/c1-3-5-6-7-8-9-10-11-12-14-18-17(13-4-2)15-16-19(18)20/h4,10-11H,2-3,5-9,12-16H2,1H3/b11-10+. The lowest BCUT2D eigenvalue weighted by molar-refractivity contribution is -0.115. The predicted molar refractivity (Wildman–Crippen MR) is 87.8 cm³/mol. The van der Waals surface area contributed by atoms with E-state index in [1.807, 2.05) is 6.08 Å². The molecule has 0 aromatic rings. The van der Waals surface area contributed by atoms with Crippen LogP contribution in [0.15, 0.2) is 36.0 Å². The van der Waals surface area contributed by atoms with E-state index >= 15 is 0 Å². The van der Waals surface area contributed by atoms with Crippen LogP contribution >= 0.6 is 0 Å². The quantitative estimate of drug-likeness (QED) is 0.337. The second-order valence-corrected chi connectivity index (χ2v) is 5.71. The number of rotatable bonds is 11. The fourth-order valence-electron chi connectivity index (χ4n) is 2.81. The molecule has 0 spiro atoms. The van der Waals surface area contributed by atoms with E-state index in [1.54, 1.807) is 0 Å². The van der Waals surface area contributed by atoms with Gasteiger partial charge in [0.05, 0.1) is 0 Å². The Hall–Kier alpha value is -1.11. The molecule has 0 unspecified atom stereocenters. The van der Waals surface area contributed by atoms with Gasteiger partial charge in [-0.2, -0.15) is 0 Å². The fraction of sp³-hybridized carbons (Fsp3) is 0.632. The van der Waals surface area contributed by atoms with Gasteiger partial charge in [-0.25, -0.2) is 0 Å². The van der Waals surface area contributed by atoms with E-state index in [9.17, 15) is 4.79 Å². The van der Waals surface area contributed by atoms with Gasteiger partial charge in [-0.15, -0.1) is 6.58 Å². The summed E-state index contributed by atoms with van der Waals surface area (Å²) in [5.41, 5.74) is 2.43. The molecular formula is C19H30O. The Morgan fingerprint density at radius 2 is 1.80 bits per heavy atom. The number of allylic oxidation sites excluding steroid dienone is 5. The van der Waals surface area contributed by atoms with Gasteiger partial charge in [0.25, 0.3) is 0 Å². The van der Waals surface area contributed by atoms with Crippen molar-refractivity contribution in [3.8, 4) is 0 Å². The monoisotopic (exact) mass is 274 g/mol. The molecule has 0 heterocycles. The van der Waals surface area contributed by atoms with E-state index in [1.165, 1.54) is 44.1 Å². The molecule has 0 fully saturated rings. The molecule has 0 aromatic carbocycles. The molecule has 1 rings (SSSR count). The van der Waals surface area contributed by atoms with Gasteiger partial charge in [0.2, 0.25) is 0 Å². The summed E-state index contributed by atoms with van der Waals surface area (Å²) >= 11 is 0. The van der Waals surface area contributed by atoms with Gasteiger partial charge < -0.3 is 0 Å². The minimum absolute atomic E-state index is 0.370. The maximum absolute atomic E-state index is 11.8. The van der Waals surface area contributed by atoms with E-state index in [2.05, 4.69) is 25.7 Å². The van der Waals surface area contributed by atoms with Gasteiger partial charge in [-0.1, -0.05) is 56.4 Å². The van der Waals surface area contributed by atoms with Gasteiger partial charge in [-0.05, 0) is 44.1 Å². The Balaban J connectivity index is 2.17. The van der Waals surface area contributed by atoms with E-state index in [0.29, 0.717) is 5.78 Å². The molecule has 0 saturated heterocycles. The molecule has 1 heteroatoms. The largest absolute Gasteiger partial charge is 0.295 e. The van der Waals surface area contributed by atoms with Crippen LogP contribution in [-0.4, -0.2) is 5.78 Å². The zero-order valence-electron chi connectivity index (χ0n) is 13.1. The second kappa shape index (κ2) is 10.7. The van der Waals surface area contributed by atoms with E-state index in [-0.39, 0.29) is 0 Å². The molecule has 0 aromatic heterocycles. The molecule has 0 radical (unpaired) electrons. The van der Waals surface area contributed by atoms with E-state index in [0.717, 1.165) is 37.7 Å². The minimum Gasteiger partial charge on any atom is -0.295 e. The van der Waals surface area contributed by atoms with Crippen LogP contribution in [0, 0.1) is 0 Å². The van der Waals surface area contributed by atoms with Crippen LogP contribution in [0.3, 0.4) is 0 Å². The molecule has 0 N–H and O–H groups in total. The first-order valence-corrected chi connectivity index (χ1v) is 8.29. The lowest BCUT2D eigenvalue weighted by Gasteiger charge is -2.02. The Labute approximate surface area is 124 Å². The molecule has 0 saturated carbocycles. The van der Waals surface area contributed by atoms with Crippen molar-refractivity contribution in [1.82, 2.24) is 0 Å². The van der Waals surface area contributed by atoms with Crippen LogP contribution in [-0.2, 0) is 4.79 Å². The number of Topliss-reactive ketones (excluding diaryl/α,β-unsaturated/α-hetero) is 1. The topological polar surface area (TPSA) is 17.1 Å². The lowest BCUT2D eigenvalue weighted by Crippen LogP contribution is -1.96. The summed E-state index contributed by atoms with van der Waals surface area (Å²) in [6.07, 6.45) is 18.9. The molecule has 112 valence electrons. The number of unbranched alkanes of at least 4 members (excludes halogenated alkanes) is 5. The molecule has 0 amide bonds. The average molecular weight is 274 g/mol. The van der Waals surface area contributed by atoms with Gasteiger partial charge in [0.15, 0.2) is 5.78 Å². The Kier molecular flexibility index (Phi) is 9.02. The Morgan fingerprint density at radius 1 is 1.05 bits per heavy atom. The maximum Gasteiger partial charge on any atom is 0.159 e. The number of hydrogen-bond acceptors (Lipinski definition) is 1. The highest BCUT2D eigenvalue weighted by Gasteiger charge is 2.20. The third-order valence-corrected chi connectivity index (χ3v) is 4.01. The molecular weight excluding hydrogens is 244 g/mol. The summed E-state index contributed by atoms with van der Waals surface area (Å²) in [6.45, 7) is 6.03. The van der Waals surface area contributed by atoms with Crippen molar-refractivity contribution in [2.24, 2.45) is 0 Å². The Bertz CT molecular complexity index is 360. The van der Waals surface area contributed by atoms with Gasteiger partial charge in [0.1, 0.15) is 0 Å². The van der Waals surface area contributed by atoms with Crippen molar-refractivity contribution in [3.63, 3.8) is 0 Å². The number of carbonyl (C=O) groups excluding carboxylic acids is 1. The van der Waals surface area contributed by atoms with E-state index < -0.39 is 0 Å². The van der Waals surface area contributed by atoms with Crippen molar-refractivity contribution in [3.05, 3.63) is 36.0 Å². The summed E-state index contributed by atoms with van der Waals surface area (Å²) in [4.78, 5) is 11.8. The number of hydrogen-bond donors (Lipinski definition) is 0. The van der Waals surface area contributed by atoms with Crippen LogP contribution < -0.4 is 0 Å². The molecule has 1 aliphatic rings. The first-order valence-electron chi connectivity index (χ1n) is 8.29. The third-order valence-electron chi connectivity index (χ3n) is 4.01. The maximum atomic E-state index is 11.8. The molecule has 1 aliphatic carbocycles. The van der Waals surface area contributed by atoms with Crippen molar-refractivity contribution >= 4 is 5.78 Å². The molecule has 0 bridgehead atoms. The normalized spacial score (nSPS) is 15.6. The summed E-state index contributed by atoms with van der Waals surface area (Å²) in [7, 11) is 0. The van der Waals surface area contributed by atoms with Crippen LogP contribution in [0.25, 0.3) is 0 Å². The van der Waals surface area contributed by atoms with Crippen LogP contribution in [0.4, 0.5) is 0 Å². The molecule has 20 heavy (non-hydrogen) atoms. The molecule has 0 aliphatic heterocycles. The zero-order valence-corrected chi connectivity index (χ0v) is 13.1. The van der Waals surface area contributed by atoms with E-state index in [4.69, 9.17) is 0 Å². The van der Waals surface area contributed by atoms with Gasteiger partial charge in [-0.3, -0.25) is 4.79 Å². The van der Waals surface area contributed by atoms with Crippen molar-refractivity contribution in [2.75, 3.05) is 0 Å². The summed E-state index contributed by atoms with van der Waals surface area (Å²) in [5.74, 6) is 0.370. The Morgan fingerprint density at radius 3 is 2.55 bits per heavy atom. The highest BCUT2D eigenvalue weighted by atomic mass is 16.1. The molecule has 1 nitrogen and oxygen atoms in total. The first kappa shape index (κ1) is 16.9. The highest BCUT2D eigenvalue weighted by Crippen LogP contribution is 2.29. The summed E-state index contributed by atoms with van der Waals surface area (Å²) in [5, 5.41) is 0. The smallest absolute Gasteiger partial charge is 0.159 e. The van der Waals surface area contributed by atoms with Crippen molar-refractivity contribution in [2.45, 2.75) is 77.6 Å².